The molecule has 0 aliphatic heterocycles. The average Bonchev–Trinajstić information content (AvgIpc) is 3.63. The Balaban J connectivity index is 1.06. The molecular formula is C57H32N2. The average molecular weight is 745 g/mol. The molecule has 0 unspecified atom stereocenters. The zero-order chi connectivity index (χ0) is 38.8. The molecule has 0 N–H and O–H groups in total. The molecule has 13 aromatic rings. The Bertz CT molecular complexity index is 3920. The normalized spacial score (nSPS) is 12.1. The van der Waals surface area contributed by atoms with Crippen LogP contribution in [-0.2, 0) is 0 Å². The molecule has 59 heavy (non-hydrogen) atoms. The minimum absolute atomic E-state index is 0.673. The standard InChI is InChI=1S/C57H32N2/c58-33-34-13-15-35(16-14-34)38-18-19-40-28-41(21-20-39(40)27-38)42-24-25-47-49(29-42)45-11-4-5-12-46(45)50-31-52-53(32-51(47)50)59(44-9-2-1-3-10-44)54-30-43-22-17-36-7-6-8-37-23-26-48(57(52)54)56(43)55(36)37/h1-32H. The molecule has 13 rings (SSSR count). The van der Waals surface area contributed by atoms with E-state index >= 15 is 0 Å². The highest BCUT2D eigenvalue weighted by atomic mass is 15.0. The largest absolute Gasteiger partial charge is 0.309 e. The molecule has 0 aliphatic carbocycles. The lowest BCUT2D eigenvalue weighted by Crippen LogP contribution is -1.94. The van der Waals surface area contributed by atoms with Gasteiger partial charge in [-0.3, -0.25) is 0 Å². The van der Waals surface area contributed by atoms with Crippen molar-refractivity contribution in [2.75, 3.05) is 0 Å². The highest BCUT2D eigenvalue weighted by molar-refractivity contribution is 6.35. The van der Waals surface area contributed by atoms with Crippen molar-refractivity contribution < 1.29 is 0 Å². The molecule has 1 heterocycles. The van der Waals surface area contributed by atoms with Gasteiger partial charge in [-0.05, 0) is 158 Å². The quantitative estimate of drug-likeness (QED) is 0.166. The van der Waals surface area contributed by atoms with Gasteiger partial charge in [0.1, 0.15) is 0 Å². The Morgan fingerprint density at radius 3 is 1.61 bits per heavy atom. The number of benzene rings is 12. The summed E-state index contributed by atoms with van der Waals surface area (Å²) in [5, 5.41) is 29.6. The molecule has 0 fully saturated rings. The van der Waals surface area contributed by atoms with Gasteiger partial charge in [-0.25, -0.2) is 0 Å². The summed E-state index contributed by atoms with van der Waals surface area (Å²) in [5.41, 5.74) is 8.91. The van der Waals surface area contributed by atoms with Crippen LogP contribution in [0.4, 0.5) is 0 Å². The van der Waals surface area contributed by atoms with Crippen LogP contribution >= 0.6 is 0 Å². The summed E-state index contributed by atoms with van der Waals surface area (Å²) in [5.74, 6) is 0. The second-order valence-corrected chi connectivity index (χ2v) is 16.0. The second-order valence-electron chi connectivity index (χ2n) is 16.0. The van der Waals surface area contributed by atoms with Crippen molar-refractivity contribution in [3.05, 3.63) is 200 Å². The van der Waals surface area contributed by atoms with Crippen LogP contribution in [0.1, 0.15) is 5.56 Å². The van der Waals surface area contributed by atoms with E-state index in [1.165, 1.54) is 108 Å². The summed E-state index contributed by atoms with van der Waals surface area (Å²) >= 11 is 0. The summed E-state index contributed by atoms with van der Waals surface area (Å²) < 4.78 is 2.48. The van der Waals surface area contributed by atoms with Crippen molar-refractivity contribution in [1.82, 2.24) is 4.57 Å². The first-order valence-corrected chi connectivity index (χ1v) is 20.2. The third kappa shape index (κ3) is 4.62. The minimum atomic E-state index is 0.673. The predicted octanol–water partition coefficient (Wildman–Crippen LogP) is 15.5. The van der Waals surface area contributed by atoms with Crippen LogP contribution in [0.3, 0.4) is 0 Å². The fraction of sp³-hybridized carbons (Fsp3) is 0. The van der Waals surface area contributed by atoms with E-state index in [1.807, 2.05) is 24.3 Å². The summed E-state index contributed by atoms with van der Waals surface area (Å²) in [6, 6.07) is 73.5. The van der Waals surface area contributed by atoms with Crippen molar-refractivity contribution in [2.45, 2.75) is 0 Å². The van der Waals surface area contributed by atoms with Crippen LogP contribution in [0.5, 0.6) is 0 Å². The highest BCUT2D eigenvalue weighted by Gasteiger charge is 2.21. The van der Waals surface area contributed by atoms with Crippen molar-refractivity contribution in [2.24, 2.45) is 0 Å². The van der Waals surface area contributed by atoms with Crippen molar-refractivity contribution >= 4 is 97.2 Å². The molecule has 0 aliphatic rings. The van der Waals surface area contributed by atoms with Gasteiger partial charge in [0.15, 0.2) is 0 Å². The molecule has 270 valence electrons. The van der Waals surface area contributed by atoms with Gasteiger partial charge in [-0.2, -0.15) is 5.26 Å². The molecule has 0 spiro atoms. The smallest absolute Gasteiger partial charge is 0.0991 e. The van der Waals surface area contributed by atoms with Crippen LogP contribution in [0.2, 0.25) is 0 Å². The number of fused-ring (bicyclic) bond motifs is 11. The van der Waals surface area contributed by atoms with Gasteiger partial charge in [-0.1, -0.05) is 133 Å². The first kappa shape index (κ1) is 32.1. The third-order valence-electron chi connectivity index (χ3n) is 12.9. The molecular weight excluding hydrogens is 713 g/mol. The van der Waals surface area contributed by atoms with Gasteiger partial charge in [0.05, 0.1) is 22.7 Å². The van der Waals surface area contributed by atoms with E-state index in [-0.39, 0.29) is 0 Å². The molecule has 0 bridgehead atoms. The van der Waals surface area contributed by atoms with Gasteiger partial charge < -0.3 is 4.57 Å². The lowest BCUT2D eigenvalue weighted by atomic mass is 9.89. The number of hydrogen-bond donors (Lipinski definition) is 0. The SMILES string of the molecule is N#Cc1ccc(-c2ccc3cc(-c4ccc5c(c4)c4ccccc4c4cc6c7c8ccc9cccc%10ccc(cc7n(-c7ccccc7)c6cc54)c8c%109)ccc3c2)cc1. The fourth-order valence-corrected chi connectivity index (χ4v) is 10.1. The van der Waals surface area contributed by atoms with Crippen molar-refractivity contribution in [3.63, 3.8) is 0 Å². The lowest BCUT2D eigenvalue weighted by molar-refractivity contribution is 1.18. The zero-order valence-electron chi connectivity index (χ0n) is 31.9. The Morgan fingerprint density at radius 1 is 0.305 bits per heavy atom. The van der Waals surface area contributed by atoms with E-state index in [4.69, 9.17) is 0 Å². The zero-order valence-corrected chi connectivity index (χ0v) is 31.9. The van der Waals surface area contributed by atoms with E-state index in [9.17, 15) is 5.26 Å². The summed E-state index contributed by atoms with van der Waals surface area (Å²) in [6.07, 6.45) is 0. The lowest BCUT2D eigenvalue weighted by Gasteiger charge is -2.14. The summed E-state index contributed by atoms with van der Waals surface area (Å²) in [6.45, 7) is 0. The fourth-order valence-electron chi connectivity index (χ4n) is 10.1. The van der Waals surface area contributed by atoms with Crippen LogP contribution in [-0.4, -0.2) is 4.57 Å². The van der Waals surface area contributed by atoms with E-state index in [2.05, 4.69) is 180 Å². The Hall–Kier alpha value is -7.99. The van der Waals surface area contributed by atoms with Gasteiger partial charge in [0.2, 0.25) is 0 Å². The Morgan fingerprint density at radius 2 is 0.864 bits per heavy atom. The number of aromatic nitrogens is 1. The molecule has 0 amide bonds. The number of nitriles is 1. The molecule has 0 saturated carbocycles. The maximum absolute atomic E-state index is 9.25. The molecule has 2 nitrogen and oxygen atoms in total. The third-order valence-corrected chi connectivity index (χ3v) is 12.9. The molecule has 12 aromatic carbocycles. The molecule has 1 aromatic heterocycles. The Labute approximate surface area is 339 Å². The predicted molar refractivity (Wildman–Crippen MR) is 250 cm³/mol. The maximum atomic E-state index is 9.25. The van der Waals surface area contributed by atoms with E-state index in [0.717, 1.165) is 16.8 Å². The van der Waals surface area contributed by atoms with Gasteiger partial charge in [0.25, 0.3) is 0 Å². The monoisotopic (exact) mass is 744 g/mol. The summed E-state index contributed by atoms with van der Waals surface area (Å²) in [7, 11) is 0. The van der Waals surface area contributed by atoms with Gasteiger partial charge in [0, 0.05) is 16.5 Å². The van der Waals surface area contributed by atoms with Crippen molar-refractivity contribution in [1.29, 1.82) is 5.26 Å². The Kier molecular flexibility index (Phi) is 6.54. The van der Waals surface area contributed by atoms with E-state index in [0.29, 0.717) is 5.56 Å². The van der Waals surface area contributed by atoms with Crippen LogP contribution < -0.4 is 0 Å². The number of para-hydroxylation sites is 1. The number of rotatable bonds is 3. The van der Waals surface area contributed by atoms with E-state index in [1.54, 1.807) is 0 Å². The van der Waals surface area contributed by atoms with Crippen molar-refractivity contribution in [3.8, 4) is 34.0 Å². The highest BCUT2D eigenvalue weighted by Crippen LogP contribution is 2.46. The minimum Gasteiger partial charge on any atom is -0.309 e. The molecule has 0 radical (unpaired) electrons. The summed E-state index contributed by atoms with van der Waals surface area (Å²) in [4.78, 5) is 0. The van der Waals surface area contributed by atoms with Crippen LogP contribution in [0, 0.1) is 11.3 Å². The molecule has 0 atom stereocenters. The van der Waals surface area contributed by atoms with E-state index < -0.39 is 0 Å². The number of hydrogen-bond acceptors (Lipinski definition) is 1. The molecule has 0 saturated heterocycles. The second kappa shape index (κ2) is 12.0. The first-order chi connectivity index (χ1) is 29.2. The maximum Gasteiger partial charge on any atom is 0.0991 e. The topological polar surface area (TPSA) is 28.7 Å². The van der Waals surface area contributed by atoms with Crippen LogP contribution in [0.25, 0.3) is 125 Å². The van der Waals surface area contributed by atoms with Gasteiger partial charge in [-0.15, -0.1) is 0 Å². The molecule has 2 heteroatoms. The number of nitrogens with zero attached hydrogens (tertiary/aromatic N) is 2. The van der Waals surface area contributed by atoms with Gasteiger partial charge >= 0.3 is 0 Å². The first-order valence-electron chi connectivity index (χ1n) is 20.2. The van der Waals surface area contributed by atoms with Crippen LogP contribution in [0.15, 0.2) is 194 Å².